The number of fused-ring (bicyclic) bond motifs is 1. The summed E-state index contributed by atoms with van der Waals surface area (Å²) < 4.78 is 6.61. The summed E-state index contributed by atoms with van der Waals surface area (Å²) in [6, 6.07) is 5.52. The zero-order valence-electron chi connectivity index (χ0n) is 16.6. The lowest BCUT2D eigenvalue weighted by Crippen LogP contribution is -2.21. The van der Waals surface area contributed by atoms with Gasteiger partial charge in [0.2, 0.25) is 0 Å². The van der Waals surface area contributed by atoms with E-state index in [9.17, 15) is 9.90 Å². The minimum Gasteiger partial charge on any atom is -0.457 e. The van der Waals surface area contributed by atoms with E-state index in [1.54, 1.807) is 36.1 Å². The second-order valence-electron chi connectivity index (χ2n) is 7.10. The summed E-state index contributed by atoms with van der Waals surface area (Å²) in [5.41, 5.74) is 5.00. The molecule has 9 heteroatoms. The lowest BCUT2D eigenvalue weighted by molar-refractivity contribution is 0.0535. The summed E-state index contributed by atoms with van der Waals surface area (Å²) >= 11 is 0. The number of cyclic esters (lactones) is 1. The van der Waals surface area contributed by atoms with Crippen LogP contribution in [0.2, 0.25) is 0 Å². The second kappa shape index (κ2) is 8.02. The molecule has 9 nitrogen and oxygen atoms in total. The Hall–Kier alpha value is -3.61. The SMILES string of the molecule is Cc1nc(-n2cc(CNC[C@H](O)c3ccc4c(c3C)COC4=O)cn2)ncc1C#N. The molecule has 0 aliphatic carbocycles. The van der Waals surface area contributed by atoms with Gasteiger partial charge in [0.1, 0.15) is 12.7 Å². The van der Waals surface area contributed by atoms with E-state index in [1.165, 1.54) is 6.20 Å². The third kappa shape index (κ3) is 3.66. The first-order valence-corrected chi connectivity index (χ1v) is 9.44. The Kier molecular flexibility index (Phi) is 5.27. The Morgan fingerprint density at radius 1 is 1.37 bits per heavy atom. The third-order valence-corrected chi connectivity index (χ3v) is 5.16. The molecule has 0 spiro atoms. The van der Waals surface area contributed by atoms with Gasteiger partial charge in [-0.05, 0) is 31.0 Å². The molecule has 0 fully saturated rings. The summed E-state index contributed by atoms with van der Waals surface area (Å²) in [6.07, 6.45) is 4.25. The minimum absolute atomic E-state index is 0.254. The molecule has 0 saturated heterocycles. The number of aliphatic hydroxyl groups is 1. The molecular formula is C21H20N6O3. The Balaban J connectivity index is 1.38. The molecule has 0 unspecified atom stereocenters. The van der Waals surface area contributed by atoms with Crippen molar-refractivity contribution in [3.05, 3.63) is 69.8 Å². The van der Waals surface area contributed by atoms with Gasteiger partial charge in [-0.25, -0.2) is 19.4 Å². The number of rotatable bonds is 6. The zero-order valence-corrected chi connectivity index (χ0v) is 16.6. The number of carbonyl (C=O) groups excluding carboxylic acids is 1. The molecule has 1 aliphatic rings. The highest BCUT2D eigenvalue weighted by molar-refractivity contribution is 5.93. The highest BCUT2D eigenvalue weighted by Crippen LogP contribution is 2.28. The fraction of sp³-hybridized carbons (Fsp3) is 0.286. The lowest BCUT2D eigenvalue weighted by atomic mass is 9.95. The molecule has 0 amide bonds. The van der Waals surface area contributed by atoms with Crippen LogP contribution in [0.3, 0.4) is 0 Å². The maximum absolute atomic E-state index is 11.7. The number of hydrogen-bond donors (Lipinski definition) is 2. The normalized spacial score (nSPS) is 13.6. The van der Waals surface area contributed by atoms with Gasteiger partial charge in [0, 0.05) is 30.4 Å². The molecule has 4 rings (SSSR count). The number of hydrogen-bond acceptors (Lipinski definition) is 8. The smallest absolute Gasteiger partial charge is 0.338 e. The fourth-order valence-electron chi connectivity index (χ4n) is 3.43. The number of nitriles is 1. The van der Waals surface area contributed by atoms with Crippen molar-refractivity contribution in [3.63, 3.8) is 0 Å². The Morgan fingerprint density at radius 2 is 2.20 bits per heavy atom. The van der Waals surface area contributed by atoms with Crippen LogP contribution in [0.15, 0.2) is 30.7 Å². The monoisotopic (exact) mass is 404 g/mol. The van der Waals surface area contributed by atoms with Gasteiger partial charge >= 0.3 is 5.97 Å². The predicted molar refractivity (Wildman–Crippen MR) is 106 cm³/mol. The number of nitrogens with zero attached hydrogens (tertiary/aromatic N) is 5. The van der Waals surface area contributed by atoms with Crippen molar-refractivity contribution in [1.82, 2.24) is 25.1 Å². The highest BCUT2D eigenvalue weighted by Gasteiger charge is 2.25. The number of ether oxygens (including phenoxy) is 1. The van der Waals surface area contributed by atoms with Crippen LogP contribution < -0.4 is 5.32 Å². The second-order valence-corrected chi connectivity index (χ2v) is 7.10. The molecule has 0 radical (unpaired) electrons. The molecule has 0 bridgehead atoms. The molecule has 2 N–H and O–H groups in total. The van der Waals surface area contributed by atoms with Gasteiger partial charge in [0.25, 0.3) is 5.95 Å². The van der Waals surface area contributed by atoms with Crippen LogP contribution in [0.5, 0.6) is 0 Å². The Labute approximate surface area is 173 Å². The molecule has 2 aromatic heterocycles. The Morgan fingerprint density at radius 3 is 2.97 bits per heavy atom. The molecule has 3 aromatic rings. The first kappa shape index (κ1) is 19.7. The van der Waals surface area contributed by atoms with Crippen molar-refractivity contribution in [2.45, 2.75) is 33.1 Å². The van der Waals surface area contributed by atoms with Crippen LogP contribution in [0.25, 0.3) is 5.95 Å². The maximum Gasteiger partial charge on any atom is 0.338 e. The first-order chi connectivity index (χ1) is 14.5. The number of aromatic nitrogens is 4. The summed E-state index contributed by atoms with van der Waals surface area (Å²) in [6.45, 7) is 4.73. The van der Waals surface area contributed by atoms with Gasteiger partial charge in [-0.15, -0.1) is 0 Å². The third-order valence-electron chi connectivity index (χ3n) is 5.16. The van der Waals surface area contributed by atoms with Crippen molar-refractivity contribution in [2.75, 3.05) is 6.54 Å². The van der Waals surface area contributed by atoms with Gasteiger partial charge in [0.05, 0.1) is 35.3 Å². The van der Waals surface area contributed by atoms with E-state index in [4.69, 9.17) is 10.00 Å². The summed E-state index contributed by atoms with van der Waals surface area (Å²) in [5.74, 6) is 0.0778. The van der Waals surface area contributed by atoms with E-state index in [2.05, 4.69) is 20.4 Å². The number of benzene rings is 1. The molecule has 1 aliphatic heterocycles. The van der Waals surface area contributed by atoms with E-state index in [1.807, 2.05) is 13.0 Å². The van der Waals surface area contributed by atoms with Gasteiger partial charge in [-0.2, -0.15) is 10.4 Å². The molecule has 30 heavy (non-hydrogen) atoms. The molecule has 1 aromatic carbocycles. The largest absolute Gasteiger partial charge is 0.457 e. The van der Waals surface area contributed by atoms with E-state index < -0.39 is 6.10 Å². The van der Waals surface area contributed by atoms with Crippen LogP contribution in [0, 0.1) is 25.2 Å². The molecule has 152 valence electrons. The Bertz CT molecular complexity index is 1160. The van der Waals surface area contributed by atoms with Gasteiger partial charge < -0.3 is 15.2 Å². The average Bonchev–Trinajstić information content (AvgIpc) is 3.36. The van der Waals surface area contributed by atoms with E-state index in [0.29, 0.717) is 35.9 Å². The van der Waals surface area contributed by atoms with Gasteiger partial charge in [-0.3, -0.25) is 0 Å². The number of carbonyl (C=O) groups is 1. The van der Waals surface area contributed by atoms with Crippen LogP contribution in [0.1, 0.15) is 50.0 Å². The predicted octanol–water partition coefficient (Wildman–Crippen LogP) is 1.64. The number of esters is 1. The number of nitrogens with one attached hydrogen (secondary N) is 1. The van der Waals surface area contributed by atoms with Crippen molar-refractivity contribution in [3.8, 4) is 12.0 Å². The number of aryl methyl sites for hydroxylation is 1. The summed E-state index contributed by atoms with van der Waals surface area (Å²) in [7, 11) is 0. The molecule has 3 heterocycles. The topological polar surface area (TPSA) is 126 Å². The first-order valence-electron chi connectivity index (χ1n) is 9.44. The van der Waals surface area contributed by atoms with E-state index in [-0.39, 0.29) is 12.6 Å². The van der Waals surface area contributed by atoms with Crippen LogP contribution in [0.4, 0.5) is 0 Å². The number of aliphatic hydroxyl groups excluding tert-OH is 1. The van der Waals surface area contributed by atoms with E-state index >= 15 is 0 Å². The van der Waals surface area contributed by atoms with Crippen molar-refractivity contribution in [1.29, 1.82) is 5.26 Å². The van der Waals surface area contributed by atoms with E-state index in [0.717, 1.165) is 22.3 Å². The lowest BCUT2D eigenvalue weighted by Gasteiger charge is -2.16. The van der Waals surface area contributed by atoms with Crippen LogP contribution in [-0.4, -0.2) is 37.4 Å². The van der Waals surface area contributed by atoms with Crippen LogP contribution >= 0.6 is 0 Å². The summed E-state index contributed by atoms with van der Waals surface area (Å²) in [5, 5.41) is 27.0. The zero-order chi connectivity index (χ0) is 21.3. The van der Waals surface area contributed by atoms with Gasteiger partial charge in [-0.1, -0.05) is 6.07 Å². The fourth-order valence-corrected chi connectivity index (χ4v) is 3.43. The van der Waals surface area contributed by atoms with Crippen LogP contribution in [-0.2, 0) is 17.9 Å². The van der Waals surface area contributed by atoms with Crippen molar-refractivity contribution >= 4 is 5.97 Å². The van der Waals surface area contributed by atoms with Gasteiger partial charge in [0.15, 0.2) is 0 Å². The highest BCUT2D eigenvalue weighted by atomic mass is 16.5. The average molecular weight is 404 g/mol. The quantitative estimate of drug-likeness (QED) is 0.594. The maximum atomic E-state index is 11.7. The summed E-state index contributed by atoms with van der Waals surface area (Å²) in [4.78, 5) is 20.1. The van der Waals surface area contributed by atoms with Crippen molar-refractivity contribution < 1.29 is 14.6 Å². The molecule has 0 saturated carbocycles. The van der Waals surface area contributed by atoms with Crippen molar-refractivity contribution in [2.24, 2.45) is 0 Å². The molecular weight excluding hydrogens is 384 g/mol. The molecule has 1 atom stereocenters. The standard InChI is InChI=1S/C21H20N6O3/c1-12-16(3-4-17-18(12)11-30-20(17)29)19(28)9-23-6-14-7-25-27(10-14)21-24-8-15(5-22)13(2)26-21/h3-4,7-8,10,19,23,28H,6,9,11H2,1-2H3/t19-/m0/s1. The minimum atomic E-state index is -0.717.